The number of aryl methyl sites for hydroxylation is 1. The summed E-state index contributed by atoms with van der Waals surface area (Å²) in [5.41, 5.74) is -0.121. The van der Waals surface area contributed by atoms with Gasteiger partial charge in [-0.25, -0.2) is 4.79 Å². The van der Waals surface area contributed by atoms with Crippen molar-refractivity contribution in [2.75, 3.05) is 19.6 Å². The molecule has 2 fully saturated rings. The van der Waals surface area contributed by atoms with Crippen LogP contribution in [0.5, 0.6) is 11.5 Å². The molecule has 2 heterocycles. The molecule has 1 aromatic rings. The molecule has 2 saturated heterocycles. The third-order valence-electron chi connectivity index (χ3n) is 4.97. The number of aliphatic hydroxyl groups excluding tert-OH is 1. The molecule has 1 aromatic carbocycles. The van der Waals surface area contributed by atoms with E-state index < -0.39 is 42.7 Å². The number of carboxylic acids is 1. The first-order chi connectivity index (χ1) is 13.3. The average molecular weight is 394 g/mol. The van der Waals surface area contributed by atoms with Crippen molar-refractivity contribution >= 4 is 19.0 Å². The fraction of sp³-hybridized carbons (Fsp3) is 0.529. The SMILES string of the molecule is O=C(O)c1c(OC2CN(C(=O)C3CC(O)CN3)C2)ccc(CCB(O)O)c1O. The van der Waals surface area contributed by atoms with Crippen LogP contribution in [0.3, 0.4) is 0 Å². The maximum Gasteiger partial charge on any atom is 0.451 e. The number of amides is 1. The van der Waals surface area contributed by atoms with Crippen molar-refractivity contribution in [1.82, 2.24) is 10.2 Å². The molecular weight excluding hydrogens is 371 g/mol. The molecule has 10 nitrogen and oxygen atoms in total. The largest absolute Gasteiger partial charge is 0.507 e. The molecule has 2 unspecified atom stereocenters. The number of rotatable bonds is 7. The minimum Gasteiger partial charge on any atom is -0.507 e. The predicted octanol–water partition coefficient (Wildman–Crippen LogP) is -1.58. The van der Waals surface area contributed by atoms with Crippen LogP contribution in [-0.2, 0) is 11.2 Å². The molecule has 2 aliphatic rings. The van der Waals surface area contributed by atoms with Gasteiger partial charge in [0.15, 0.2) is 0 Å². The number of nitrogens with zero attached hydrogens (tertiary/aromatic N) is 1. The van der Waals surface area contributed by atoms with E-state index in [1.165, 1.54) is 12.1 Å². The summed E-state index contributed by atoms with van der Waals surface area (Å²) in [6.07, 6.45) is -0.527. The highest BCUT2D eigenvalue weighted by atomic mass is 16.5. The Balaban J connectivity index is 1.62. The Bertz CT molecular complexity index is 753. The van der Waals surface area contributed by atoms with Gasteiger partial charge in [-0.15, -0.1) is 0 Å². The molecule has 3 rings (SSSR count). The Morgan fingerprint density at radius 2 is 2.00 bits per heavy atom. The second kappa shape index (κ2) is 8.35. The number of likely N-dealkylation sites (tertiary alicyclic amines) is 1. The lowest BCUT2D eigenvalue weighted by atomic mass is 9.82. The van der Waals surface area contributed by atoms with Crippen LogP contribution in [0.2, 0.25) is 6.32 Å². The zero-order chi connectivity index (χ0) is 20.4. The fourth-order valence-electron chi connectivity index (χ4n) is 3.40. The first-order valence-corrected chi connectivity index (χ1v) is 9.07. The van der Waals surface area contributed by atoms with Crippen LogP contribution in [0, 0.1) is 0 Å². The number of nitrogens with one attached hydrogen (secondary N) is 1. The lowest BCUT2D eigenvalue weighted by molar-refractivity contribution is -0.142. The van der Waals surface area contributed by atoms with E-state index in [0.29, 0.717) is 13.0 Å². The number of β-amino-alcohol motifs (C(OH)–C–C–N with tert-alkyl or cyclic N) is 1. The number of hydrogen-bond acceptors (Lipinski definition) is 8. The van der Waals surface area contributed by atoms with Crippen molar-refractivity contribution in [3.63, 3.8) is 0 Å². The van der Waals surface area contributed by atoms with Gasteiger partial charge in [0.2, 0.25) is 5.91 Å². The number of aromatic hydroxyl groups is 1. The van der Waals surface area contributed by atoms with E-state index in [2.05, 4.69) is 5.32 Å². The molecule has 152 valence electrons. The van der Waals surface area contributed by atoms with E-state index in [0.717, 1.165) is 0 Å². The van der Waals surface area contributed by atoms with Crippen LogP contribution in [0.25, 0.3) is 0 Å². The van der Waals surface area contributed by atoms with Gasteiger partial charge >= 0.3 is 13.1 Å². The summed E-state index contributed by atoms with van der Waals surface area (Å²) >= 11 is 0. The highest BCUT2D eigenvalue weighted by Crippen LogP contribution is 2.34. The van der Waals surface area contributed by atoms with Crippen molar-refractivity contribution in [2.45, 2.75) is 37.4 Å². The first kappa shape index (κ1) is 20.4. The number of ether oxygens (including phenoxy) is 1. The van der Waals surface area contributed by atoms with E-state index in [-0.39, 0.29) is 43.1 Å². The van der Waals surface area contributed by atoms with Gasteiger partial charge in [0.25, 0.3) is 0 Å². The summed E-state index contributed by atoms with van der Waals surface area (Å²) in [6, 6.07) is 2.47. The third kappa shape index (κ3) is 4.38. The quantitative estimate of drug-likeness (QED) is 0.300. The molecule has 0 aromatic heterocycles. The maximum absolute atomic E-state index is 12.3. The summed E-state index contributed by atoms with van der Waals surface area (Å²) < 4.78 is 5.67. The van der Waals surface area contributed by atoms with Gasteiger partial charge in [0.05, 0.1) is 25.2 Å². The molecule has 0 bridgehead atoms. The molecule has 2 atom stereocenters. The molecule has 28 heavy (non-hydrogen) atoms. The van der Waals surface area contributed by atoms with Crippen molar-refractivity contribution in [1.29, 1.82) is 0 Å². The number of carboxylic acid groups (broad SMARTS) is 1. The third-order valence-corrected chi connectivity index (χ3v) is 4.97. The fourth-order valence-corrected chi connectivity index (χ4v) is 3.40. The smallest absolute Gasteiger partial charge is 0.451 e. The van der Waals surface area contributed by atoms with Crippen molar-refractivity contribution < 1.29 is 39.7 Å². The van der Waals surface area contributed by atoms with Gasteiger partial charge in [0.1, 0.15) is 23.2 Å². The first-order valence-electron chi connectivity index (χ1n) is 9.07. The molecule has 0 aliphatic carbocycles. The van der Waals surface area contributed by atoms with Gasteiger partial charge in [-0.3, -0.25) is 4.79 Å². The van der Waals surface area contributed by atoms with E-state index in [9.17, 15) is 24.9 Å². The summed E-state index contributed by atoms with van der Waals surface area (Å²) in [5, 5.41) is 50.0. The zero-order valence-corrected chi connectivity index (χ0v) is 15.1. The van der Waals surface area contributed by atoms with E-state index in [1.54, 1.807) is 4.90 Å². The number of carbonyl (C=O) groups excluding carboxylic acids is 1. The predicted molar refractivity (Wildman–Crippen MR) is 97.2 cm³/mol. The highest BCUT2D eigenvalue weighted by Gasteiger charge is 2.39. The number of benzene rings is 1. The van der Waals surface area contributed by atoms with Gasteiger partial charge in [-0.1, -0.05) is 6.07 Å². The Labute approximate surface area is 161 Å². The summed E-state index contributed by atoms with van der Waals surface area (Å²) in [7, 11) is -1.56. The molecule has 11 heteroatoms. The van der Waals surface area contributed by atoms with Crippen LogP contribution < -0.4 is 10.1 Å². The van der Waals surface area contributed by atoms with Crippen LogP contribution in [0.4, 0.5) is 0 Å². The summed E-state index contributed by atoms with van der Waals surface area (Å²) in [4.78, 5) is 25.4. The van der Waals surface area contributed by atoms with Crippen molar-refractivity contribution in [3.05, 3.63) is 23.3 Å². The number of hydrogen-bond donors (Lipinski definition) is 6. The second-order valence-corrected chi connectivity index (χ2v) is 7.10. The van der Waals surface area contributed by atoms with E-state index in [1.807, 2.05) is 0 Å². The van der Waals surface area contributed by atoms with E-state index >= 15 is 0 Å². The van der Waals surface area contributed by atoms with Crippen LogP contribution in [0.1, 0.15) is 22.3 Å². The number of aromatic carboxylic acids is 1. The Morgan fingerprint density at radius 3 is 2.57 bits per heavy atom. The van der Waals surface area contributed by atoms with Crippen LogP contribution in [0.15, 0.2) is 12.1 Å². The standard InChI is InChI=1S/C17H23BN2O8/c21-10-5-12(19-6-10)16(23)20-7-11(8-20)28-13-2-1-9(3-4-18(26)27)15(22)14(13)17(24)25/h1-2,10-12,19,21-22,26-27H,3-8H2,(H,24,25). The van der Waals surface area contributed by atoms with Crippen LogP contribution in [-0.4, -0.2) is 87.1 Å². The summed E-state index contributed by atoms with van der Waals surface area (Å²) in [6.45, 7) is 0.946. The van der Waals surface area contributed by atoms with E-state index in [4.69, 9.17) is 14.8 Å². The molecule has 1 amide bonds. The molecule has 2 aliphatic heterocycles. The number of phenols is 1. The van der Waals surface area contributed by atoms with Gasteiger partial charge < -0.3 is 40.3 Å². The van der Waals surface area contributed by atoms with Crippen LogP contribution >= 0.6 is 0 Å². The van der Waals surface area contributed by atoms with Gasteiger partial charge in [0, 0.05) is 6.54 Å². The Morgan fingerprint density at radius 1 is 1.29 bits per heavy atom. The van der Waals surface area contributed by atoms with Crippen molar-refractivity contribution in [2.24, 2.45) is 0 Å². The lowest BCUT2D eigenvalue weighted by Gasteiger charge is -2.40. The number of aliphatic hydroxyl groups is 1. The molecular formula is C17H23BN2O8. The Kier molecular flexibility index (Phi) is 6.09. The second-order valence-electron chi connectivity index (χ2n) is 7.10. The number of carbonyl (C=O) groups is 2. The Hall–Kier alpha value is -2.34. The minimum atomic E-state index is -1.56. The topological polar surface area (TPSA) is 160 Å². The molecule has 0 spiro atoms. The van der Waals surface area contributed by atoms with Gasteiger partial charge in [-0.05, 0) is 30.8 Å². The average Bonchev–Trinajstić information content (AvgIpc) is 3.02. The molecule has 6 N–H and O–H groups in total. The summed E-state index contributed by atoms with van der Waals surface area (Å²) in [5.74, 6) is -1.97. The molecule has 0 saturated carbocycles. The lowest BCUT2D eigenvalue weighted by Crippen LogP contribution is -2.59. The van der Waals surface area contributed by atoms with Crippen molar-refractivity contribution in [3.8, 4) is 11.5 Å². The zero-order valence-electron chi connectivity index (χ0n) is 15.1. The van der Waals surface area contributed by atoms with Gasteiger partial charge in [-0.2, -0.15) is 0 Å². The molecule has 0 radical (unpaired) electrons. The monoisotopic (exact) mass is 394 g/mol. The normalized spacial score (nSPS) is 22.0. The minimum absolute atomic E-state index is 0.00944. The maximum atomic E-state index is 12.3. The highest BCUT2D eigenvalue weighted by molar-refractivity contribution is 6.41.